The number of carboxylic acid groups (broad SMARTS) is 1. The van der Waals surface area contributed by atoms with E-state index in [9.17, 15) is 19.5 Å². The van der Waals surface area contributed by atoms with Gasteiger partial charge in [0.2, 0.25) is 11.8 Å². The molecule has 1 aromatic carbocycles. The van der Waals surface area contributed by atoms with Crippen LogP contribution in [0.4, 0.5) is 11.5 Å². The number of amides is 2. The second kappa shape index (κ2) is 30.5. The highest BCUT2D eigenvalue weighted by Gasteiger charge is 2.35. The largest absolute Gasteiger partial charge is 0.497 e. The number of carbonyl (C=O) groups excluding carboxylic acids is 2. The predicted molar refractivity (Wildman–Crippen MR) is 293 cm³/mol. The molecule has 1 atom stereocenters. The van der Waals surface area contributed by atoms with E-state index in [0.717, 1.165) is 111 Å². The fraction of sp³-hybridized carbons (Fsp3) is 0.683. The number of pyridine rings is 2. The molecule has 1 aliphatic heterocycles. The van der Waals surface area contributed by atoms with Crippen molar-refractivity contribution in [2.45, 2.75) is 181 Å². The number of methoxy groups -OCH3 is 1. The molecule has 12 heteroatoms. The Hall–Kier alpha value is -4.71. The third-order valence-electron chi connectivity index (χ3n) is 14.9. The molecule has 1 saturated carbocycles. The van der Waals surface area contributed by atoms with Gasteiger partial charge in [0.1, 0.15) is 11.6 Å². The van der Waals surface area contributed by atoms with Gasteiger partial charge in [-0.2, -0.15) is 0 Å². The Morgan fingerprint density at radius 3 is 2.06 bits per heavy atom. The van der Waals surface area contributed by atoms with Gasteiger partial charge in [-0.15, -0.1) is 0 Å². The van der Waals surface area contributed by atoms with E-state index in [1.807, 2.05) is 60.4 Å². The van der Waals surface area contributed by atoms with Crippen molar-refractivity contribution in [1.82, 2.24) is 15.3 Å². The van der Waals surface area contributed by atoms with Gasteiger partial charge in [-0.05, 0) is 117 Å². The van der Waals surface area contributed by atoms with Gasteiger partial charge in [-0.25, -0.2) is 9.97 Å². The minimum atomic E-state index is -0.770. The van der Waals surface area contributed by atoms with Crippen molar-refractivity contribution >= 4 is 29.3 Å². The molecule has 0 bridgehead atoms. The highest BCUT2D eigenvalue weighted by atomic mass is 16.5. The molecule has 2 aromatic heterocycles. The molecule has 0 spiro atoms. The molecule has 400 valence electrons. The number of piperidine rings is 1. The summed E-state index contributed by atoms with van der Waals surface area (Å²) in [5.74, 6) is 2.10. The number of hydrogen-bond donors (Lipinski definition) is 2. The molecule has 2 amide bonds. The van der Waals surface area contributed by atoms with Crippen LogP contribution >= 0.6 is 0 Å². The molecular formula is C60H95N6O6+. The monoisotopic (exact) mass is 996 g/mol. The van der Waals surface area contributed by atoms with Gasteiger partial charge in [0.15, 0.2) is 0 Å². The minimum absolute atomic E-state index is 0.000545. The maximum absolute atomic E-state index is 14.9. The SMILES string of the molecule is COc1ccc(C(=O)N(CC(C)(C)CCCCCCCCCCCCCCCCCC(=O)NCCCC[N+](C)(C)C)c2cccc(C)n2)c(N2CCC(COc3cc([C@@H](CC(=O)O)C4CC4)ccn3)CC2)c1. The van der Waals surface area contributed by atoms with E-state index >= 15 is 0 Å². The van der Waals surface area contributed by atoms with E-state index in [4.69, 9.17) is 14.5 Å². The average Bonchev–Trinajstić information content (AvgIpc) is 4.20. The zero-order chi connectivity index (χ0) is 51.8. The van der Waals surface area contributed by atoms with Gasteiger partial charge in [-0.1, -0.05) is 110 Å². The lowest BCUT2D eigenvalue weighted by Crippen LogP contribution is -2.41. The lowest BCUT2D eigenvalue weighted by molar-refractivity contribution is -0.870. The number of carboxylic acids is 1. The smallest absolute Gasteiger partial charge is 0.303 e. The second-order valence-corrected chi connectivity index (χ2v) is 23.2. The molecule has 0 unspecified atom stereocenters. The number of aryl methyl sites for hydroxylation is 1. The summed E-state index contributed by atoms with van der Waals surface area (Å²) in [5, 5.41) is 12.6. The number of aromatic nitrogens is 2. The Morgan fingerprint density at radius 2 is 1.46 bits per heavy atom. The molecule has 1 saturated heterocycles. The first-order valence-electron chi connectivity index (χ1n) is 28.2. The summed E-state index contributed by atoms with van der Waals surface area (Å²) in [6, 6.07) is 15.6. The Kier molecular flexibility index (Phi) is 24.6. The van der Waals surface area contributed by atoms with Crippen LogP contribution in [0.3, 0.4) is 0 Å². The lowest BCUT2D eigenvalue weighted by Gasteiger charge is -2.36. The molecule has 3 heterocycles. The predicted octanol–water partition coefficient (Wildman–Crippen LogP) is 13.0. The lowest BCUT2D eigenvalue weighted by atomic mass is 9.85. The van der Waals surface area contributed by atoms with Crippen LogP contribution in [0.2, 0.25) is 0 Å². The van der Waals surface area contributed by atoms with Crippen molar-refractivity contribution < 1.29 is 33.4 Å². The summed E-state index contributed by atoms with van der Waals surface area (Å²) in [5.41, 5.74) is 3.30. The van der Waals surface area contributed by atoms with Crippen molar-refractivity contribution in [2.75, 3.05) is 77.4 Å². The topological polar surface area (TPSA) is 134 Å². The molecule has 3 aromatic rings. The molecule has 2 aliphatic rings. The van der Waals surface area contributed by atoms with E-state index in [1.165, 1.54) is 83.5 Å². The van der Waals surface area contributed by atoms with Crippen molar-refractivity contribution in [3.05, 3.63) is 71.5 Å². The van der Waals surface area contributed by atoms with E-state index in [0.29, 0.717) is 48.7 Å². The molecule has 5 rings (SSSR count). The standard InChI is InChI=1S/C60H94N6O6/c1-47-26-25-27-55(63-47)65(46-60(2,3)36-22-20-18-16-14-12-10-8-9-11-13-15-17-19-21-28-56(67)61-37-23-24-41-66(4,5)6)59(70)52-32-31-51(71-7)43-54(52)64-39-34-48(35-40-64)45-72-57-42-50(33-38-62-57)53(44-58(68)69)49-29-30-49/h25-27,31-33,38,42-43,48-49,53H,8-24,28-30,34-37,39-41,44-46H2,1-7H3,(H-,61,67,68,69)/p+1/t53-/m0/s1. The number of hydrogen-bond acceptors (Lipinski definition) is 8. The van der Waals surface area contributed by atoms with Crippen molar-refractivity contribution in [3.8, 4) is 11.6 Å². The number of unbranched alkanes of at least 4 members (excludes halogenated alkanes) is 15. The Bertz CT molecular complexity index is 2070. The van der Waals surface area contributed by atoms with Gasteiger partial charge in [0.25, 0.3) is 5.91 Å². The summed E-state index contributed by atoms with van der Waals surface area (Å²) in [7, 11) is 8.31. The normalized spacial score (nSPS) is 14.8. The Morgan fingerprint density at radius 1 is 0.819 bits per heavy atom. The molecule has 2 N–H and O–H groups in total. The highest BCUT2D eigenvalue weighted by Crippen LogP contribution is 2.45. The number of aliphatic carboxylic acids is 1. The molecular weight excluding hydrogens is 901 g/mol. The van der Waals surface area contributed by atoms with Crippen molar-refractivity contribution in [3.63, 3.8) is 0 Å². The summed E-state index contributed by atoms with van der Waals surface area (Å²) < 4.78 is 12.9. The number of rotatable bonds is 36. The van der Waals surface area contributed by atoms with E-state index in [1.54, 1.807) is 13.3 Å². The van der Waals surface area contributed by atoms with Gasteiger partial charge >= 0.3 is 5.97 Å². The number of ether oxygens (including phenoxy) is 2. The third kappa shape index (κ3) is 21.8. The maximum atomic E-state index is 14.9. The molecule has 2 fully saturated rings. The first-order valence-corrected chi connectivity index (χ1v) is 28.2. The fourth-order valence-electron chi connectivity index (χ4n) is 10.4. The highest BCUT2D eigenvalue weighted by molar-refractivity contribution is 6.09. The second-order valence-electron chi connectivity index (χ2n) is 23.2. The van der Waals surface area contributed by atoms with Crippen LogP contribution in [-0.4, -0.2) is 105 Å². The van der Waals surface area contributed by atoms with Crippen LogP contribution in [0.5, 0.6) is 11.6 Å². The van der Waals surface area contributed by atoms with Gasteiger partial charge in [-0.3, -0.25) is 19.3 Å². The van der Waals surface area contributed by atoms with Gasteiger partial charge in [0.05, 0.1) is 59.1 Å². The van der Waals surface area contributed by atoms with E-state index < -0.39 is 5.97 Å². The van der Waals surface area contributed by atoms with Crippen LogP contribution in [0.1, 0.15) is 195 Å². The van der Waals surface area contributed by atoms with Crippen LogP contribution < -0.4 is 24.6 Å². The average molecular weight is 996 g/mol. The third-order valence-corrected chi connectivity index (χ3v) is 14.9. The van der Waals surface area contributed by atoms with Crippen LogP contribution in [0.15, 0.2) is 54.7 Å². The minimum Gasteiger partial charge on any atom is -0.497 e. The van der Waals surface area contributed by atoms with Crippen LogP contribution in [0, 0.1) is 24.2 Å². The zero-order valence-electron chi connectivity index (χ0n) is 45.9. The summed E-state index contributed by atoms with van der Waals surface area (Å²) in [4.78, 5) is 52.2. The van der Waals surface area contributed by atoms with E-state index in [2.05, 4.69) is 50.2 Å². The number of carbonyl (C=O) groups is 3. The van der Waals surface area contributed by atoms with Crippen molar-refractivity contribution in [2.24, 2.45) is 17.3 Å². The summed E-state index contributed by atoms with van der Waals surface area (Å²) >= 11 is 0. The fourth-order valence-corrected chi connectivity index (χ4v) is 10.4. The maximum Gasteiger partial charge on any atom is 0.303 e. The van der Waals surface area contributed by atoms with Crippen molar-refractivity contribution in [1.29, 1.82) is 0 Å². The molecule has 1 aliphatic carbocycles. The summed E-state index contributed by atoms with van der Waals surface area (Å²) in [6.45, 7) is 11.2. The first kappa shape index (κ1) is 58.2. The van der Waals surface area contributed by atoms with E-state index in [-0.39, 0.29) is 29.6 Å². The number of benzene rings is 1. The molecule has 12 nitrogen and oxygen atoms in total. The zero-order valence-corrected chi connectivity index (χ0v) is 45.9. The molecule has 72 heavy (non-hydrogen) atoms. The molecule has 0 radical (unpaired) electrons. The quantitative estimate of drug-likeness (QED) is 0.0431. The Labute approximate surface area is 435 Å². The van der Waals surface area contributed by atoms with Gasteiger partial charge in [0, 0.05) is 56.6 Å². The van der Waals surface area contributed by atoms with Gasteiger partial charge < -0.3 is 29.3 Å². The van der Waals surface area contributed by atoms with Crippen LogP contribution in [-0.2, 0) is 9.59 Å². The van der Waals surface area contributed by atoms with Crippen LogP contribution in [0.25, 0.3) is 0 Å². The first-order chi connectivity index (χ1) is 34.6. The number of anilines is 2. The number of nitrogens with one attached hydrogen (secondary N) is 1. The number of quaternary nitrogens is 1. The Balaban J connectivity index is 0.995. The number of nitrogens with zero attached hydrogens (tertiary/aromatic N) is 5. The summed E-state index contributed by atoms with van der Waals surface area (Å²) in [6.07, 6.45) is 28.7.